The molecule has 4 heteroatoms. The van der Waals surface area contributed by atoms with E-state index < -0.39 is 5.82 Å². The van der Waals surface area contributed by atoms with Gasteiger partial charge in [0, 0.05) is 23.9 Å². The fourth-order valence-corrected chi connectivity index (χ4v) is 2.31. The Kier molecular flexibility index (Phi) is 5.17. The third kappa shape index (κ3) is 4.20. The molecular weight excluding hydrogens is 269 g/mol. The molecule has 0 amide bonds. The molecule has 0 bridgehead atoms. The fourth-order valence-electron chi connectivity index (χ4n) is 2.31. The zero-order valence-corrected chi connectivity index (χ0v) is 12.0. The summed E-state index contributed by atoms with van der Waals surface area (Å²) in [5, 5.41) is 22.0. The Labute approximate surface area is 124 Å². The van der Waals surface area contributed by atoms with E-state index in [1.807, 2.05) is 31.2 Å². The predicted octanol–water partition coefficient (Wildman–Crippen LogP) is 3.63. The molecule has 0 aliphatic heterocycles. The van der Waals surface area contributed by atoms with Gasteiger partial charge in [0.15, 0.2) is 0 Å². The van der Waals surface area contributed by atoms with Gasteiger partial charge in [0.1, 0.15) is 11.6 Å². The number of benzene rings is 2. The number of hydrogen-bond acceptors (Lipinski definition) is 3. The van der Waals surface area contributed by atoms with Crippen molar-refractivity contribution in [1.29, 1.82) is 0 Å². The molecule has 0 saturated heterocycles. The Morgan fingerprint density at radius 1 is 1.19 bits per heavy atom. The molecule has 0 fully saturated rings. The van der Waals surface area contributed by atoms with Crippen LogP contribution in [0.4, 0.5) is 10.1 Å². The van der Waals surface area contributed by atoms with E-state index in [0.717, 1.165) is 30.2 Å². The molecule has 0 aliphatic rings. The van der Waals surface area contributed by atoms with E-state index in [2.05, 4.69) is 5.32 Å². The van der Waals surface area contributed by atoms with Gasteiger partial charge in [0.05, 0.1) is 6.04 Å². The SMILES string of the molecule is CC(Nc1cccc(CCCO)c1)c1ccc(F)cc1O. The highest BCUT2D eigenvalue weighted by molar-refractivity contribution is 5.49. The fraction of sp³-hybridized carbons (Fsp3) is 0.294. The van der Waals surface area contributed by atoms with Crippen molar-refractivity contribution in [1.82, 2.24) is 0 Å². The van der Waals surface area contributed by atoms with Crippen molar-refractivity contribution in [3.63, 3.8) is 0 Å². The molecule has 3 nitrogen and oxygen atoms in total. The highest BCUT2D eigenvalue weighted by Gasteiger charge is 2.11. The molecule has 2 aromatic rings. The van der Waals surface area contributed by atoms with Gasteiger partial charge in [-0.15, -0.1) is 0 Å². The molecule has 3 N–H and O–H groups in total. The molecule has 0 saturated carbocycles. The van der Waals surface area contributed by atoms with Gasteiger partial charge in [-0.3, -0.25) is 0 Å². The number of hydrogen-bond donors (Lipinski definition) is 3. The second-order valence-corrected chi connectivity index (χ2v) is 5.10. The summed E-state index contributed by atoms with van der Waals surface area (Å²) >= 11 is 0. The van der Waals surface area contributed by atoms with Gasteiger partial charge in [-0.1, -0.05) is 18.2 Å². The summed E-state index contributed by atoms with van der Waals surface area (Å²) in [6.07, 6.45) is 1.56. The number of aliphatic hydroxyl groups is 1. The molecule has 0 spiro atoms. The zero-order valence-electron chi connectivity index (χ0n) is 12.0. The number of phenols is 1. The number of anilines is 1. The quantitative estimate of drug-likeness (QED) is 0.761. The van der Waals surface area contributed by atoms with E-state index in [0.29, 0.717) is 5.56 Å². The van der Waals surface area contributed by atoms with Crippen LogP contribution in [0.2, 0.25) is 0 Å². The van der Waals surface area contributed by atoms with Crippen molar-refractivity contribution in [2.24, 2.45) is 0 Å². The van der Waals surface area contributed by atoms with Gasteiger partial charge >= 0.3 is 0 Å². The molecule has 0 aromatic heterocycles. The Morgan fingerprint density at radius 3 is 2.71 bits per heavy atom. The second-order valence-electron chi connectivity index (χ2n) is 5.10. The van der Waals surface area contributed by atoms with Crippen LogP contribution in [0.15, 0.2) is 42.5 Å². The summed E-state index contributed by atoms with van der Waals surface area (Å²) in [6.45, 7) is 2.09. The highest BCUT2D eigenvalue weighted by atomic mass is 19.1. The van der Waals surface area contributed by atoms with Crippen molar-refractivity contribution in [2.75, 3.05) is 11.9 Å². The number of aromatic hydroxyl groups is 1. The van der Waals surface area contributed by atoms with E-state index in [1.54, 1.807) is 6.07 Å². The smallest absolute Gasteiger partial charge is 0.126 e. The topological polar surface area (TPSA) is 52.5 Å². The van der Waals surface area contributed by atoms with Crippen molar-refractivity contribution in [2.45, 2.75) is 25.8 Å². The summed E-state index contributed by atoms with van der Waals surface area (Å²) < 4.78 is 13.0. The number of aryl methyl sites for hydroxylation is 1. The Hall–Kier alpha value is -2.07. The minimum absolute atomic E-state index is 0.0496. The first kappa shape index (κ1) is 15.3. The molecule has 0 heterocycles. The predicted molar refractivity (Wildman–Crippen MR) is 82.0 cm³/mol. The maximum Gasteiger partial charge on any atom is 0.126 e. The van der Waals surface area contributed by atoms with Crippen LogP contribution in [-0.2, 0) is 6.42 Å². The molecule has 2 rings (SSSR count). The van der Waals surface area contributed by atoms with Crippen LogP contribution in [0, 0.1) is 5.82 Å². The zero-order chi connectivity index (χ0) is 15.2. The van der Waals surface area contributed by atoms with E-state index in [1.165, 1.54) is 6.07 Å². The van der Waals surface area contributed by atoms with E-state index in [-0.39, 0.29) is 18.4 Å². The molecule has 0 aliphatic carbocycles. The molecule has 112 valence electrons. The average molecular weight is 289 g/mol. The maximum absolute atomic E-state index is 13.0. The summed E-state index contributed by atoms with van der Waals surface area (Å²) in [4.78, 5) is 0. The molecule has 1 unspecified atom stereocenters. The van der Waals surface area contributed by atoms with Crippen LogP contribution in [0.5, 0.6) is 5.75 Å². The average Bonchev–Trinajstić information content (AvgIpc) is 2.45. The summed E-state index contributed by atoms with van der Waals surface area (Å²) in [7, 11) is 0. The Morgan fingerprint density at radius 2 is 2.00 bits per heavy atom. The van der Waals surface area contributed by atoms with Crippen LogP contribution in [0.3, 0.4) is 0 Å². The molecular formula is C17H20FNO2. The van der Waals surface area contributed by atoms with Crippen LogP contribution >= 0.6 is 0 Å². The first-order valence-electron chi connectivity index (χ1n) is 7.05. The Balaban J connectivity index is 2.10. The number of phenolic OH excluding ortho intramolecular Hbond substituents is 1. The molecule has 21 heavy (non-hydrogen) atoms. The molecule has 2 aromatic carbocycles. The normalized spacial score (nSPS) is 12.1. The van der Waals surface area contributed by atoms with Gasteiger partial charge in [-0.05, 0) is 43.5 Å². The molecule has 1 atom stereocenters. The number of rotatable bonds is 6. The van der Waals surface area contributed by atoms with Gasteiger partial charge in [0.2, 0.25) is 0 Å². The lowest BCUT2D eigenvalue weighted by molar-refractivity contribution is 0.288. The Bertz CT molecular complexity index is 601. The van der Waals surface area contributed by atoms with E-state index >= 15 is 0 Å². The van der Waals surface area contributed by atoms with Crippen LogP contribution < -0.4 is 5.32 Å². The third-order valence-electron chi connectivity index (χ3n) is 3.39. The largest absolute Gasteiger partial charge is 0.507 e. The number of nitrogens with one attached hydrogen (secondary N) is 1. The third-order valence-corrected chi connectivity index (χ3v) is 3.39. The summed E-state index contributed by atoms with van der Waals surface area (Å²) in [5.41, 5.74) is 2.73. The van der Waals surface area contributed by atoms with Gasteiger partial charge in [0.25, 0.3) is 0 Å². The van der Waals surface area contributed by atoms with Crippen molar-refractivity contribution in [3.8, 4) is 5.75 Å². The van der Waals surface area contributed by atoms with Crippen molar-refractivity contribution >= 4 is 5.69 Å². The molecule has 0 radical (unpaired) electrons. The minimum Gasteiger partial charge on any atom is -0.507 e. The number of halogens is 1. The van der Waals surface area contributed by atoms with Crippen LogP contribution in [0.1, 0.15) is 30.5 Å². The first-order valence-corrected chi connectivity index (χ1v) is 7.05. The number of aliphatic hydroxyl groups excluding tert-OH is 1. The van der Waals surface area contributed by atoms with E-state index in [4.69, 9.17) is 5.11 Å². The lowest BCUT2D eigenvalue weighted by Crippen LogP contribution is -2.07. The summed E-state index contributed by atoms with van der Waals surface area (Å²) in [6, 6.07) is 11.8. The standard InChI is InChI=1S/C17H20FNO2/c1-12(16-8-7-14(18)11-17(16)21)19-15-6-2-4-13(10-15)5-3-9-20/h2,4,6-8,10-12,19-21H,3,5,9H2,1H3. The monoisotopic (exact) mass is 289 g/mol. The minimum atomic E-state index is -0.450. The van der Waals surface area contributed by atoms with Gasteiger partial charge in [-0.25, -0.2) is 4.39 Å². The first-order chi connectivity index (χ1) is 10.1. The van der Waals surface area contributed by atoms with Crippen molar-refractivity contribution < 1.29 is 14.6 Å². The second kappa shape index (κ2) is 7.09. The highest BCUT2D eigenvalue weighted by Crippen LogP contribution is 2.27. The van der Waals surface area contributed by atoms with Gasteiger partial charge < -0.3 is 15.5 Å². The maximum atomic E-state index is 13.0. The van der Waals surface area contributed by atoms with Gasteiger partial charge in [-0.2, -0.15) is 0 Å². The van der Waals surface area contributed by atoms with Crippen LogP contribution in [0.25, 0.3) is 0 Å². The van der Waals surface area contributed by atoms with Crippen LogP contribution in [-0.4, -0.2) is 16.8 Å². The summed E-state index contributed by atoms with van der Waals surface area (Å²) in [5.74, 6) is -0.499. The van der Waals surface area contributed by atoms with E-state index in [9.17, 15) is 9.50 Å². The van der Waals surface area contributed by atoms with Crippen molar-refractivity contribution in [3.05, 3.63) is 59.4 Å². The lowest BCUT2D eigenvalue weighted by atomic mass is 10.1. The lowest BCUT2D eigenvalue weighted by Gasteiger charge is -2.17.